The van der Waals surface area contributed by atoms with Gasteiger partial charge in [-0.3, -0.25) is 13.8 Å². The van der Waals surface area contributed by atoms with Crippen molar-refractivity contribution in [2.24, 2.45) is 0 Å². The van der Waals surface area contributed by atoms with E-state index in [-0.39, 0.29) is 51.0 Å². The van der Waals surface area contributed by atoms with Crippen molar-refractivity contribution in [2.75, 3.05) is 19.8 Å². The zero-order valence-electron chi connectivity index (χ0n) is 16.6. The van der Waals surface area contributed by atoms with Crippen molar-refractivity contribution in [1.29, 1.82) is 0 Å². The first-order valence-electron chi connectivity index (χ1n) is 9.37. The topological polar surface area (TPSA) is 158 Å². The Bertz CT molecular complexity index is 882. The zero-order valence-corrected chi connectivity index (χ0v) is 17.5. The number of ether oxygens (including phenoxy) is 5. The van der Waals surface area contributed by atoms with E-state index in [1.807, 2.05) is 0 Å². The summed E-state index contributed by atoms with van der Waals surface area (Å²) in [5.41, 5.74) is -2.67. The van der Waals surface area contributed by atoms with Crippen LogP contribution in [0.2, 0.25) is 0 Å². The lowest BCUT2D eigenvalue weighted by Gasteiger charge is -2.33. The molecule has 3 aliphatic rings. The van der Waals surface area contributed by atoms with E-state index in [1.165, 1.54) is 6.92 Å². The van der Waals surface area contributed by atoms with Crippen LogP contribution in [0.4, 0.5) is 0 Å². The highest BCUT2D eigenvalue weighted by atomic mass is 32.2. The summed E-state index contributed by atoms with van der Waals surface area (Å²) in [4.78, 5) is 44.9. The van der Waals surface area contributed by atoms with E-state index in [0.717, 1.165) is 0 Å². The number of hydrogen-bond donors (Lipinski definition) is 0. The maximum absolute atomic E-state index is 12.7. The van der Waals surface area contributed by atoms with Gasteiger partial charge < -0.3 is 23.7 Å². The minimum atomic E-state index is -4.21. The van der Waals surface area contributed by atoms with Crippen molar-refractivity contribution in [3.63, 3.8) is 0 Å². The van der Waals surface area contributed by atoms with Gasteiger partial charge in [0.2, 0.25) is 0 Å². The number of hydrogen-bond acceptors (Lipinski definition) is 12. The van der Waals surface area contributed by atoms with Crippen LogP contribution < -0.4 is 0 Å². The molecule has 2 bridgehead atoms. The van der Waals surface area contributed by atoms with Gasteiger partial charge in [-0.15, -0.1) is 0 Å². The van der Waals surface area contributed by atoms with E-state index in [4.69, 9.17) is 27.9 Å². The first-order chi connectivity index (χ1) is 14.6. The van der Waals surface area contributed by atoms with Crippen LogP contribution in [0.5, 0.6) is 0 Å². The molecule has 3 heterocycles. The molecule has 0 spiro atoms. The molecule has 13 heteroatoms. The average Bonchev–Trinajstić information content (AvgIpc) is 3.18. The van der Waals surface area contributed by atoms with Gasteiger partial charge in [-0.1, -0.05) is 6.58 Å². The largest absolute Gasteiger partial charge is 0.468 e. The van der Waals surface area contributed by atoms with Crippen molar-refractivity contribution >= 4 is 35.0 Å². The van der Waals surface area contributed by atoms with Crippen LogP contribution in [0.1, 0.15) is 26.2 Å². The Morgan fingerprint density at radius 3 is 2.42 bits per heavy atom. The number of rotatable bonds is 12. The van der Waals surface area contributed by atoms with Crippen LogP contribution >= 0.6 is 0 Å². The van der Waals surface area contributed by atoms with E-state index < -0.39 is 57.3 Å². The second-order valence-electron chi connectivity index (χ2n) is 7.53. The number of carbonyl (C=O) groups excluding carboxylic acids is 4. The average molecular weight is 462 g/mol. The third-order valence-corrected chi connectivity index (χ3v) is 7.39. The SMILES string of the molecule is C=C(C)C(=O)OCC(=O)OC1C2C3(CCOC=O)OC1(CCOC=O)CC3OS2(=O)=O. The first-order valence-corrected chi connectivity index (χ1v) is 10.8. The van der Waals surface area contributed by atoms with Gasteiger partial charge in [0.15, 0.2) is 18.0 Å². The minimum absolute atomic E-state index is 0.0186. The Morgan fingerprint density at radius 2 is 1.81 bits per heavy atom. The summed E-state index contributed by atoms with van der Waals surface area (Å²) >= 11 is 0. The van der Waals surface area contributed by atoms with Crippen LogP contribution in [0.15, 0.2) is 12.2 Å². The quantitative estimate of drug-likeness (QED) is 0.0885. The lowest BCUT2D eigenvalue weighted by Crippen LogP contribution is -2.55. The van der Waals surface area contributed by atoms with Gasteiger partial charge in [0, 0.05) is 24.8 Å². The van der Waals surface area contributed by atoms with E-state index in [2.05, 4.69) is 6.58 Å². The Morgan fingerprint density at radius 1 is 1.16 bits per heavy atom. The van der Waals surface area contributed by atoms with Gasteiger partial charge in [-0.2, -0.15) is 8.42 Å². The molecule has 3 rings (SSSR count). The highest BCUT2D eigenvalue weighted by Crippen LogP contribution is 2.62. The third kappa shape index (κ3) is 4.04. The van der Waals surface area contributed by atoms with E-state index in [9.17, 15) is 27.6 Å². The van der Waals surface area contributed by atoms with E-state index in [0.29, 0.717) is 0 Å². The van der Waals surface area contributed by atoms with Crippen molar-refractivity contribution < 1.29 is 55.5 Å². The Hall–Kier alpha value is -2.51. The fourth-order valence-corrected chi connectivity index (χ4v) is 6.53. The molecule has 3 aliphatic heterocycles. The molecule has 0 radical (unpaired) electrons. The molecule has 0 amide bonds. The van der Waals surface area contributed by atoms with Crippen LogP contribution in [0.3, 0.4) is 0 Å². The fraction of sp³-hybridized carbons (Fsp3) is 0.667. The molecule has 172 valence electrons. The third-order valence-electron chi connectivity index (χ3n) is 5.62. The summed E-state index contributed by atoms with van der Waals surface area (Å²) in [7, 11) is -4.21. The molecule has 3 fully saturated rings. The lowest BCUT2D eigenvalue weighted by molar-refractivity contribution is -0.169. The molecule has 3 saturated heterocycles. The predicted octanol–water partition coefficient (Wildman–Crippen LogP) is -0.848. The van der Waals surface area contributed by atoms with Crippen LogP contribution in [-0.2, 0) is 57.2 Å². The Labute approximate surface area is 177 Å². The summed E-state index contributed by atoms with van der Waals surface area (Å²) in [6.07, 6.45) is -2.16. The maximum Gasteiger partial charge on any atom is 0.344 e. The smallest absolute Gasteiger partial charge is 0.344 e. The van der Waals surface area contributed by atoms with Gasteiger partial charge in [-0.05, 0) is 6.92 Å². The van der Waals surface area contributed by atoms with Crippen molar-refractivity contribution in [2.45, 2.75) is 54.8 Å². The van der Waals surface area contributed by atoms with Crippen molar-refractivity contribution in [1.82, 2.24) is 0 Å². The molecule has 0 aromatic rings. The predicted molar refractivity (Wildman–Crippen MR) is 97.7 cm³/mol. The van der Waals surface area contributed by atoms with Crippen LogP contribution in [-0.4, -0.2) is 81.8 Å². The molecule has 31 heavy (non-hydrogen) atoms. The molecule has 0 aliphatic carbocycles. The molecular formula is C18H22O12S. The van der Waals surface area contributed by atoms with Crippen molar-refractivity contribution in [3.05, 3.63) is 12.2 Å². The summed E-state index contributed by atoms with van der Waals surface area (Å²) < 4.78 is 56.5. The summed E-state index contributed by atoms with van der Waals surface area (Å²) in [6.45, 7) is 4.21. The zero-order chi connectivity index (χ0) is 22.9. The van der Waals surface area contributed by atoms with Gasteiger partial charge in [-0.25, -0.2) is 9.59 Å². The van der Waals surface area contributed by atoms with Crippen LogP contribution in [0, 0.1) is 0 Å². The first kappa shape index (κ1) is 23.2. The summed E-state index contributed by atoms with van der Waals surface area (Å²) in [5.74, 6) is -1.81. The molecule has 0 aromatic heterocycles. The molecule has 0 N–H and O–H groups in total. The highest BCUT2D eigenvalue weighted by Gasteiger charge is 2.81. The lowest BCUT2D eigenvalue weighted by atomic mass is 9.75. The maximum atomic E-state index is 12.7. The number of esters is 2. The summed E-state index contributed by atoms with van der Waals surface area (Å²) in [5, 5.41) is -1.40. The molecule has 12 nitrogen and oxygen atoms in total. The second-order valence-corrected chi connectivity index (χ2v) is 9.21. The minimum Gasteiger partial charge on any atom is -0.468 e. The van der Waals surface area contributed by atoms with Crippen molar-refractivity contribution in [3.8, 4) is 0 Å². The van der Waals surface area contributed by atoms with E-state index >= 15 is 0 Å². The van der Waals surface area contributed by atoms with E-state index in [1.54, 1.807) is 0 Å². The Balaban J connectivity index is 1.86. The van der Waals surface area contributed by atoms with Gasteiger partial charge in [0.1, 0.15) is 17.3 Å². The number of fused-ring (bicyclic) bond motifs is 1. The highest BCUT2D eigenvalue weighted by molar-refractivity contribution is 7.87. The summed E-state index contributed by atoms with van der Waals surface area (Å²) in [6, 6.07) is 0. The molecule has 5 atom stereocenters. The van der Waals surface area contributed by atoms with Gasteiger partial charge in [0.25, 0.3) is 23.1 Å². The molecule has 5 unspecified atom stereocenters. The van der Waals surface area contributed by atoms with Gasteiger partial charge in [0.05, 0.1) is 13.2 Å². The standard InChI is InChI=1S/C18H22O12S/c1-11(2)16(22)27-8-13(21)28-14-15-18(4-6-26-10-20)12(29-31(15,23)24)7-17(14,30-18)3-5-25-9-19/h9-10,12,14-15H,1,3-8H2,2H3. The normalized spacial score (nSPS) is 34.0. The van der Waals surface area contributed by atoms with Gasteiger partial charge >= 0.3 is 11.9 Å². The molecule has 0 saturated carbocycles. The second kappa shape index (κ2) is 8.55. The monoisotopic (exact) mass is 462 g/mol. The Kier molecular flexibility index (Phi) is 6.39. The van der Waals surface area contributed by atoms with Crippen LogP contribution in [0.25, 0.3) is 0 Å². The fourth-order valence-electron chi connectivity index (χ4n) is 4.44. The number of carbonyl (C=O) groups is 4. The molecule has 0 aromatic carbocycles. The molecular weight excluding hydrogens is 440 g/mol.